The molecule has 104 valence electrons. The second kappa shape index (κ2) is 6.08. The van der Waals surface area contributed by atoms with Crippen LogP contribution in [-0.4, -0.2) is 33.1 Å². The first-order valence-electron chi connectivity index (χ1n) is 5.48. The molecule has 6 heteroatoms. The molecule has 0 aliphatic heterocycles. The number of esters is 1. The molecule has 0 radical (unpaired) electrons. The van der Waals surface area contributed by atoms with Gasteiger partial charge in [0.15, 0.2) is 28.8 Å². The molecule has 1 rings (SSSR count). The quantitative estimate of drug-likeness (QED) is 0.461. The number of methoxy groups -OCH3 is 3. The third kappa shape index (κ3) is 2.96. The van der Waals surface area contributed by atoms with E-state index in [9.17, 15) is 9.59 Å². The summed E-state index contributed by atoms with van der Waals surface area (Å²) in [6.07, 6.45) is 0. The van der Waals surface area contributed by atoms with Gasteiger partial charge in [-0.15, -0.1) is 0 Å². The zero-order valence-electron chi connectivity index (χ0n) is 11.5. The van der Waals surface area contributed by atoms with E-state index in [1.807, 2.05) is 0 Å². The molecular formula is C13H16O6. The third-order valence-electron chi connectivity index (χ3n) is 2.40. The molecule has 1 aromatic rings. The molecule has 0 saturated carbocycles. The van der Waals surface area contributed by atoms with Crippen molar-refractivity contribution in [1.29, 1.82) is 0 Å². The Morgan fingerprint density at radius 2 is 1.42 bits per heavy atom. The Kier molecular flexibility index (Phi) is 4.74. The maximum atomic E-state index is 11.8. The van der Waals surface area contributed by atoms with Gasteiger partial charge in [-0.3, -0.25) is 9.59 Å². The minimum atomic E-state index is -0.528. The van der Waals surface area contributed by atoms with Crippen molar-refractivity contribution >= 4 is 11.8 Å². The van der Waals surface area contributed by atoms with Gasteiger partial charge >= 0.3 is 5.97 Å². The number of ketones is 1. The van der Waals surface area contributed by atoms with Gasteiger partial charge in [0.1, 0.15) is 5.56 Å². The van der Waals surface area contributed by atoms with E-state index in [2.05, 4.69) is 0 Å². The number of carbonyl (C=O) groups excluding carboxylic acids is 2. The summed E-state index contributed by atoms with van der Waals surface area (Å²) in [5, 5.41) is 0. The average Bonchev–Trinajstić information content (AvgIpc) is 2.36. The van der Waals surface area contributed by atoms with Crippen molar-refractivity contribution in [3.63, 3.8) is 0 Å². The van der Waals surface area contributed by atoms with Crippen LogP contribution in [0.1, 0.15) is 24.2 Å². The maximum Gasteiger partial charge on any atom is 0.308 e. The molecule has 19 heavy (non-hydrogen) atoms. The van der Waals surface area contributed by atoms with Gasteiger partial charge in [-0.25, -0.2) is 0 Å². The predicted molar refractivity (Wildman–Crippen MR) is 67.4 cm³/mol. The Balaban J connectivity index is 3.62. The summed E-state index contributed by atoms with van der Waals surface area (Å²) in [5.74, 6) is -0.0493. The van der Waals surface area contributed by atoms with Gasteiger partial charge in [-0.2, -0.15) is 0 Å². The van der Waals surface area contributed by atoms with E-state index in [1.54, 1.807) is 0 Å². The number of benzene rings is 1. The fourth-order valence-corrected chi connectivity index (χ4v) is 1.71. The van der Waals surface area contributed by atoms with Crippen molar-refractivity contribution < 1.29 is 28.5 Å². The van der Waals surface area contributed by atoms with Crippen LogP contribution >= 0.6 is 0 Å². The summed E-state index contributed by atoms with van der Waals surface area (Å²) in [4.78, 5) is 22.8. The molecule has 0 bridgehead atoms. The molecule has 0 saturated heterocycles. The zero-order chi connectivity index (χ0) is 14.6. The molecular weight excluding hydrogens is 252 g/mol. The van der Waals surface area contributed by atoms with Gasteiger partial charge in [0.25, 0.3) is 0 Å². The lowest BCUT2D eigenvalue weighted by atomic mass is 10.1. The Bertz CT molecular complexity index is 506. The van der Waals surface area contributed by atoms with E-state index < -0.39 is 5.97 Å². The van der Waals surface area contributed by atoms with Crippen molar-refractivity contribution in [3.8, 4) is 23.0 Å². The van der Waals surface area contributed by atoms with E-state index >= 15 is 0 Å². The average molecular weight is 268 g/mol. The standard InChI is InChI=1S/C13H16O6/c1-7(14)11-12(17-4)9(16-3)6-10(13(11)18-5)19-8(2)15/h6H,1-5H3. The van der Waals surface area contributed by atoms with Crippen LogP contribution in [0.5, 0.6) is 23.0 Å². The second-order valence-electron chi connectivity index (χ2n) is 3.67. The summed E-state index contributed by atoms with van der Waals surface area (Å²) < 4.78 is 20.5. The van der Waals surface area contributed by atoms with Gasteiger partial charge in [-0.05, 0) is 6.92 Å². The first-order chi connectivity index (χ1) is 8.96. The molecule has 1 aromatic carbocycles. The minimum absolute atomic E-state index is 0.109. The summed E-state index contributed by atoms with van der Waals surface area (Å²) in [6, 6.07) is 1.44. The normalized spacial score (nSPS) is 9.74. The fourth-order valence-electron chi connectivity index (χ4n) is 1.71. The van der Waals surface area contributed by atoms with Gasteiger partial charge in [-0.1, -0.05) is 0 Å². The SMILES string of the molecule is COc1cc(OC(C)=O)c(OC)c(C(C)=O)c1OC. The number of Topliss-reactive ketones (excluding diaryl/α,β-unsaturated/α-hetero) is 1. The second-order valence-corrected chi connectivity index (χ2v) is 3.67. The van der Waals surface area contributed by atoms with Crippen molar-refractivity contribution in [3.05, 3.63) is 11.6 Å². The Labute approximate surface area is 111 Å². The van der Waals surface area contributed by atoms with Crippen molar-refractivity contribution in [2.75, 3.05) is 21.3 Å². The molecule has 0 spiro atoms. The highest BCUT2D eigenvalue weighted by Gasteiger charge is 2.25. The minimum Gasteiger partial charge on any atom is -0.493 e. The van der Waals surface area contributed by atoms with Crippen LogP contribution in [0.4, 0.5) is 0 Å². The summed E-state index contributed by atoms with van der Waals surface area (Å²) in [5.41, 5.74) is 0.167. The maximum absolute atomic E-state index is 11.8. The molecule has 0 fully saturated rings. The number of hydrogen-bond donors (Lipinski definition) is 0. The lowest BCUT2D eigenvalue weighted by Gasteiger charge is -2.17. The van der Waals surface area contributed by atoms with Crippen LogP contribution in [0.15, 0.2) is 6.07 Å². The van der Waals surface area contributed by atoms with Crippen LogP contribution in [0, 0.1) is 0 Å². The highest BCUT2D eigenvalue weighted by atomic mass is 16.6. The first-order valence-corrected chi connectivity index (χ1v) is 5.48. The molecule has 6 nitrogen and oxygen atoms in total. The lowest BCUT2D eigenvalue weighted by molar-refractivity contribution is -0.132. The molecule has 0 aromatic heterocycles. The largest absolute Gasteiger partial charge is 0.493 e. The van der Waals surface area contributed by atoms with Gasteiger partial charge < -0.3 is 18.9 Å². The van der Waals surface area contributed by atoms with E-state index in [1.165, 1.54) is 41.2 Å². The highest BCUT2D eigenvalue weighted by molar-refractivity contribution is 6.01. The third-order valence-corrected chi connectivity index (χ3v) is 2.40. The number of ether oxygens (including phenoxy) is 4. The molecule has 0 unspecified atom stereocenters. The molecule has 0 heterocycles. The smallest absolute Gasteiger partial charge is 0.308 e. The Morgan fingerprint density at radius 3 is 1.79 bits per heavy atom. The lowest BCUT2D eigenvalue weighted by Crippen LogP contribution is -2.08. The Morgan fingerprint density at radius 1 is 0.895 bits per heavy atom. The molecule has 0 aliphatic carbocycles. The zero-order valence-corrected chi connectivity index (χ0v) is 11.5. The van der Waals surface area contributed by atoms with E-state index in [-0.39, 0.29) is 34.3 Å². The predicted octanol–water partition coefficient (Wildman–Crippen LogP) is 1.84. The van der Waals surface area contributed by atoms with Crippen molar-refractivity contribution in [1.82, 2.24) is 0 Å². The van der Waals surface area contributed by atoms with Crippen LogP contribution in [0.25, 0.3) is 0 Å². The summed E-state index contributed by atoms with van der Waals surface area (Å²) in [7, 11) is 4.21. The molecule has 0 aliphatic rings. The van der Waals surface area contributed by atoms with Crippen LogP contribution in [-0.2, 0) is 4.79 Å². The van der Waals surface area contributed by atoms with Crippen LogP contribution in [0.2, 0.25) is 0 Å². The summed E-state index contributed by atoms with van der Waals surface area (Å²) in [6.45, 7) is 2.61. The molecule has 0 N–H and O–H groups in total. The molecule has 0 atom stereocenters. The van der Waals surface area contributed by atoms with E-state index in [4.69, 9.17) is 18.9 Å². The van der Waals surface area contributed by atoms with Crippen molar-refractivity contribution in [2.45, 2.75) is 13.8 Å². The van der Waals surface area contributed by atoms with E-state index in [0.29, 0.717) is 0 Å². The Hall–Kier alpha value is -2.24. The van der Waals surface area contributed by atoms with Crippen molar-refractivity contribution in [2.24, 2.45) is 0 Å². The number of carbonyl (C=O) groups is 2. The highest BCUT2D eigenvalue weighted by Crippen LogP contribution is 2.44. The van der Waals surface area contributed by atoms with Crippen LogP contribution in [0.3, 0.4) is 0 Å². The fraction of sp³-hybridized carbons (Fsp3) is 0.385. The van der Waals surface area contributed by atoms with Gasteiger partial charge in [0.2, 0.25) is 0 Å². The topological polar surface area (TPSA) is 71.1 Å². The first kappa shape index (κ1) is 14.8. The number of hydrogen-bond acceptors (Lipinski definition) is 6. The van der Waals surface area contributed by atoms with Gasteiger partial charge in [0.05, 0.1) is 21.3 Å². The van der Waals surface area contributed by atoms with Crippen LogP contribution < -0.4 is 18.9 Å². The molecule has 0 amide bonds. The summed E-state index contributed by atoms with van der Waals surface area (Å²) >= 11 is 0. The van der Waals surface area contributed by atoms with E-state index in [0.717, 1.165) is 0 Å². The van der Waals surface area contributed by atoms with Gasteiger partial charge in [0, 0.05) is 13.0 Å². The monoisotopic (exact) mass is 268 g/mol. The number of rotatable bonds is 5.